The first-order chi connectivity index (χ1) is 9.63. The molecular weight excluding hydrogens is 336 g/mol. The number of rotatable bonds is 3. The summed E-state index contributed by atoms with van der Waals surface area (Å²) in [5.41, 5.74) is 7.52. The van der Waals surface area contributed by atoms with Gasteiger partial charge in [0.1, 0.15) is 11.0 Å². The predicted octanol–water partition coefficient (Wildman–Crippen LogP) is 4.24. The molecule has 1 aromatic heterocycles. The molecule has 0 fully saturated rings. The summed E-state index contributed by atoms with van der Waals surface area (Å²) in [5, 5.41) is 5.04. The Morgan fingerprint density at radius 2 is 1.90 bits per heavy atom. The third kappa shape index (κ3) is 3.19. The van der Waals surface area contributed by atoms with Gasteiger partial charge >= 0.3 is 0 Å². The molecule has 2 N–H and O–H groups in total. The highest BCUT2D eigenvalue weighted by atomic mass is 35.5. The van der Waals surface area contributed by atoms with Gasteiger partial charge in [-0.1, -0.05) is 34.8 Å². The van der Waals surface area contributed by atoms with Crippen LogP contribution in [0.25, 0.3) is 0 Å². The first-order valence-electron chi connectivity index (χ1n) is 6.25. The van der Waals surface area contributed by atoms with E-state index in [1.807, 2.05) is 6.92 Å². The third-order valence-corrected chi connectivity index (χ3v) is 4.51. The summed E-state index contributed by atoms with van der Waals surface area (Å²) in [6, 6.07) is 2.63. The zero-order chi connectivity index (χ0) is 15.9. The Labute approximate surface area is 137 Å². The topological polar surface area (TPSA) is 43.8 Å². The maximum absolute atomic E-state index is 13.7. The number of halogens is 4. The van der Waals surface area contributed by atoms with Crippen molar-refractivity contribution in [1.82, 2.24) is 9.78 Å². The molecule has 0 aliphatic heterocycles. The Kier molecular flexibility index (Phi) is 4.54. The van der Waals surface area contributed by atoms with Crippen LogP contribution in [0.2, 0.25) is 15.2 Å². The molecule has 2 rings (SSSR count). The van der Waals surface area contributed by atoms with Gasteiger partial charge in [-0.3, -0.25) is 4.68 Å². The Bertz CT molecular complexity index is 695. The fraction of sp³-hybridized carbons (Fsp3) is 0.357. The fourth-order valence-corrected chi connectivity index (χ4v) is 3.14. The van der Waals surface area contributed by atoms with Crippen molar-refractivity contribution >= 4 is 34.8 Å². The van der Waals surface area contributed by atoms with E-state index in [9.17, 15) is 4.39 Å². The monoisotopic (exact) mass is 349 g/mol. The highest BCUT2D eigenvalue weighted by Gasteiger charge is 2.28. The molecule has 3 nitrogen and oxygen atoms in total. The lowest BCUT2D eigenvalue weighted by Crippen LogP contribution is -2.36. The van der Waals surface area contributed by atoms with E-state index in [1.54, 1.807) is 18.7 Å². The van der Waals surface area contributed by atoms with E-state index < -0.39 is 11.4 Å². The van der Waals surface area contributed by atoms with Crippen molar-refractivity contribution in [3.05, 3.63) is 50.0 Å². The van der Waals surface area contributed by atoms with Crippen LogP contribution in [0.3, 0.4) is 0 Å². The molecule has 0 saturated heterocycles. The van der Waals surface area contributed by atoms with Crippen LogP contribution in [0.1, 0.15) is 23.7 Å². The van der Waals surface area contributed by atoms with Gasteiger partial charge in [0.15, 0.2) is 0 Å². The lowest BCUT2D eigenvalue weighted by atomic mass is 9.86. The molecule has 114 valence electrons. The molecular formula is C14H15Cl3FN3. The molecule has 1 unspecified atom stereocenters. The molecule has 0 spiro atoms. The molecule has 2 aromatic rings. The van der Waals surface area contributed by atoms with Gasteiger partial charge in [-0.15, -0.1) is 0 Å². The fourth-order valence-electron chi connectivity index (χ4n) is 2.30. The van der Waals surface area contributed by atoms with Crippen LogP contribution in [0.5, 0.6) is 0 Å². The number of nitrogens with two attached hydrogens (primary N) is 1. The van der Waals surface area contributed by atoms with Crippen LogP contribution < -0.4 is 5.73 Å². The standard InChI is InChI=1S/C14H15Cl3FN3/c1-7-8(13(17)21(3)20-7)6-14(2,19)9-4-12(18)11(16)5-10(9)15/h4-5H,6,19H2,1-3H3. The average Bonchev–Trinajstić information content (AvgIpc) is 2.60. The van der Waals surface area contributed by atoms with Gasteiger partial charge in [-0.05, 0) is 38.0 Å². The van der Waals surface area contributed by atoms with Gasteiger partial charge in [0, 0.05) is 23.2 Å². The third-order valence-electron chi connectivity index (χ3n) is 3.44. The van der Waals surface area contributed by atoms with Gasteiger partial charge in [0.2, 0.25) is 0 Å². The molecule has 1 aromatic carbocycles. The van der Waals surface area contributed by atoms with Crippen molar-refractivity contribution in [3.8, 4) is 0 Å². The number of hydrogen-bond donors (Lipinski definition) is 1. The predicted molar refractivity (Wildman–Crippen MR) is 84.6 cm³/mol. The lowest BCUT2D eigenvalue weighted by Gasteiger charge is -2.26. The normalized spacial score (nSPS) is 14.3. The smallest absolute Gasteiger partial charge is 0.142 e. The largest absolute Gasteiger partial charge is 0.321 e. The maximum atomic E-state index is 13.7. The second kappa shape index (κ2) is 5.76. The van der Waals surface area contributed by atoms with Crippen molar-refractivity contribution < 1.29 is 4.39 Å². The summed E-state index contributed by atoms with van der Waals surface area (Å²) in [5.74, 6) is -0.554. The number of aryl methyl sites for hydroxylation is 2. The van der Waals surface area contributed by atoms with Gasteiger partial charge in [0.25, 0.3) is 0 Å². The SMILES string of the molecule is Cc1nn(C)c(Cl)c1CC(C)(N)c1cc(F)c(Cl)cc1Cl. The quantitative estimate of drug-likeness (QED) is 0.841. The number of aromatic nitrogens is 2. The van der Waals surface area contributed by atoms with Crippen molar-refractivity contribution in [2.45, 2.75) is 25.8 Å². The molecule has 0 radical (unpaired) electrons. The minimum atomic E-state index is -0.903. The van der Waals surface area contributed by atoms with Crippen LogP contribution in [0, 0.1) is 12.7 Å². The summed E-state index contributed by atoms with van der Waals surface area (Å²) in [4.78, 5) is 0. The average molecular weight is 351 g/mol. The van der Waals surface area contributed by atoms with E-state index in [4.69, 9.17) is 40.5 Å². The molecule has 21 heavy (non-hydrogen) atoms. The summed E-state index contributed by atoms with van der Waals surface area (Å²) < 4.78 is 15.3. The van der Waals surface area contributed by atoms with Crippen LogP contribution in [0.15, 0.2) is 12.1 Å². The number of nitrogens with zero attached hydrogens (tertiary/aromatic N) is 2. The highest BCUT2D eigenvalue weighted by molar-refractivity contribution is 6.35. The van der Waals surface area contributed by atoms with E-state index in [0.29, 0.717) is 22.2 Å². The maximum Gasteiger partial charge on any atom is 0.142 e. The van der Waals surface area contributed by atoms with Crippen LogP contribution in [0.4, 0.5) is 4.39 Å². The summed E-state index contributed by atoms with van der Waals surface area (Å²) in [6.07, 6.45) is 0.381. The van der Waals surface area contributed by atoms with Gasteiger partial charge in [0.05, 0.1) is 10.7 Å². The Balaban J connectivity index is 2.45. The Morgan fingerprint density at radius 3 is 2.43 bits per heavy atom. The van der Waals surface area contributed by atoms with E-state index in [-0.39, 0.29) is 5.02 Å². The molecule has 0 amide bonds. The lowest BCUT2D eigenvalue weighted by molar-refractivity contribution is 0.485. The van der Waals surface area contributed by atoms with Crippen LogP contribution in [-0.2, 0) is 19.0 Å². The van der Waals surface area contributed by atoms with Crippen molar-refractivity contribution in [2.75, 3.05) is 0 Å². The van der Waals surface area contributed by atoms with Crippen molar-refractivity contribution in [1.29, 1.82) is 0 Å². The number of benzene rings is 1. The number of hydrogen-bond acceptors (Lipinski definition) is 2. The van der Waals surface area contributed by atoms with Crippen LogP contribution in [-0.4, -0.2) is 9.78 Å². The molecule has 0 aliphatic rings. The van der Waals surface area contributed by atoms with E-state index in [1.165, 1.54) is 12.1 Å². The molecule has 0 bridgehead atoms. The zero-order valence-corrected chi connectivity index (χ0v) is 14.1. The zero-order valence-electron chi connectivity index (χ0n) is 11.8. The van der Waals surface area contributed by atoms with E-state index >= 15 is 0 Å². The van der Waals surface area contributed by atoms with Gasteiger partial charge in [-0.2, -0.15) is 5.10 Å². The highest BCUT2D eigenvalue weighted by Crippen LogP contribution is 2.34. The Hall–Kier alpha value is -0.810. The van der Waals surface area contributed by atoms with Crippen LogP contribution >= 0.6 is 34.8 Å². The Morgan fingerprint density at radius 1 is 1.29 bits per heavy atom. The molecule has 0 aliphatic carbocycles. The minimum Gasteiger partial charge on any atom is -0.321 e. The summed E-state index contributed by atoms with van der Waals surface area (Å²) in [7, 11) is 1.75. The first kappa shape index (κ1) is 16.6. The first-order valence-corrected chi connectivity index (χ1v) is 7.38. The second-order valence-electron chi connectivity index (χ2n) is 5.32. The van der Waals surface area contributed by atoms with Crippen molar-refractivity contribution in [3.63, 3.8) is 0 Å². The molecule has 1 heterocycles. The minimum absolute atomic E-state index is 0.0323. The summed E-state index contributed by atoms with van der Waals surface area (Å²) in [6.45, 7) is 3.62. The van der Waals surface area contributed by atoms with Crippen molar-refractivity contribution in [2.24, 2.45) is 12.8 Å². The van der Waals surface area contributed by atoms with Gasteiger partial charge < -0.3 is 5.73 Å². The molecule has 0 saturated carbocycles. The van der Waals surface area contributed by atoms with E-state index in [0.717, 1.165) is 11.3 Å². The molecule has 1 atom stereocenters. The van der Waals surface area contributed by atoms with E-state index in [2.05, 4.69) is 5.10 Å². The van der Waals surface area contributed by atoms with Gasteiger partial charge in [-0.25, -0.2) is 4.39 Å². The second-order valence-corrected chi connectivity index (χ2v) is 6.49. The molecule has 7 heteroatoms. The summed E-state index contributed by atoms with van der Waals surface area (Å²) >= 11 is 18.1.